The number of nitrogens with one attached hydrogen (secondary N) is 2. The van der Waals surface area contributed by atoms with Gasteiger partial charge in [-0.25, -0.2) is 9.97 Å². The van der Waals surface area contributed by atoms with Gasteiger partial charge < -0.3 is 10.6 Å². The van der Waals surface area contributed by atoms with Crippen LogP contribution in [0.4, 0.5) is 17.2 Å². The quantitative estimate of drug-likeness (QED) is 0.718. The van der Waals surface area contributed by atoms with E-state index < -0.39 is 0 Å². The minimum atomic E-state index is -0.277. The summed E-state index contributed by atoms with van der Waals surface area (Å²) in [5, 5.41) is 6.13. The van der Waals surface area contributed by atoms with Crippen molar-refractivity contribution in [2.24, 2.45) is 0 Å². The topological polar surface area (TPSA) is 66.9 Å². The molecule has 0 unspecified atom stereocenters. The predicted molar refractivity (Wildman–Crippen MR) is 105 cm³/mol. The second-order valence-corrected chi connectivity index (χ2v) is 6.51. The van der Waals surface area contributed by atoms with Gasteiger partial charge in [0.2, 0.25) is 0 Å². The van der Waals surface area contributed by atoms with Crippen molar-refractivity contribution in [3.8, 4) is 0 Å². The number of amides is 1. The molecule has 0 bridgehead atoms. The maximum absolute atomic E-state index is 12.4. The van der Waals surface area contributed by atoms with E-state index in [1.807, 2.05) is 58.0 Å². The lowest BCUT2D eigenvalue weighted by Crippen LogP contribution is -2.14. The molecular formula is C21H22N4O. The molecule has 1 heterocycles. The molecular weight excluding hydrogens is 324 g/mol. The van der Waals surface area contributed by atoms with Gasteiger partial charge >= 0.3 is 0 Å². The number of para-hydroxylation sites is 1. The zero-order chi connectivity index (χ0) is 18.7. The normalized spacial score (nSPS) is 10.5. The number of nitrogens with zero attached hydrogens (tertiary/aromatic N) is 2. The van der Waals surface area contributed by atoms with E-state index in [-0.39, 0.29) is 11.6 Å². The Labute approximate surface area is 153 Å². The number of carbonyl (C=O) groups excluding carboxylic acids is 1. The van der Waals surface area contributed by atoms with Crippen LogP contribution in [0.5, 0.6) is 0 Å². The van der Waals surface area contributed by atoms with Crippen LogP contribution in [0.15, 0.2) is 48.8 Å². The monoisotopic (exact) mass is 346 g/mol. The minimum absolute atomic E-state index is 0.274. The number of rotatable bonds is 4. The molecule has 0 saturated heterocycles. The molecule has 0 spiro atoms. The maximum atomic E-state index is 12.4. The summed E-state index contributed by atoms with van der Waals surface area (Å²) in [7, 11) is 0. The van der Waals surface area contributed by atoms with E-state index in [9.17, 15) is 4.79 Å². The SMILES string of the molecule is Cc1cc(C)cc(NC(=O)c2cnc(Nc3c(C)cccc3C)cn2)c1. The Hall–Kier alpha value is -3.21. The van der Waals surface area contributed by atoms with Gasteiger partial charge in [0.05, 0.1) is 12.4 Å². The molecule has 132 valence electrons. The van der Waals surface area contributed by atoms with Crippen molar-refractivity contribution in [2.75, 3.05) is 10.6 Å². The number of aryl methyl sites for hydroxylation is 4. The molecule has 3 aromatic rings. The van der Waals surface area contributed by atoms with Crippen molar-refractivity contribution in [3.63, 3.8) is 0 Å². The number of aromatic nitrogens is 2. The molecule has 3 rings (SSSR count). The average molecular weight is 346 g/mol. The molecule has 26 heavy (non-hydrogen) atoms. The Morgan fingerprint density at radius 3 is 2.12 bits per heavy atom. The largest absolute Gasteiger partial charge is 0.339 e. The van der Waals surface area contributed by atoms with Gasteiger partial charge in [-0.2, -0.15) is 0 Å². The van der Waals surface area contributed by atoms with Crippen molar-refractivity contribution in [3.05, 3.63) is 76.7 Å². The van der Waals surface area contributed by atoms with Crippen LogP contribution in [0.25, 0.3) is 0 Å². The lowest BCUT2D eigenvalue weighted by Gasteiger charge is -2.12. The Morgan fingerprint density at radius 1 is 0.885 bits per heavy atom. The number of hydrogen-bond acceptors (Lipinski definition) is 4. The first kappa shape index (κ1) is 17.6. The highest BCUT2D eigenvalue weighted by atomic mass is 16.1. The van der Waals surface area contributed by atoms with Gasteiger partial charge in [0.15, 0.2) is 0 Å². The highest BCUT2D eigenvalue weighted by molar-refractivity contribution is 6.02. The molecule has 0 aliphatic carbocycles. The van der Waals surface area contributed by atoms with Gasteiger partial charge in [-0.05, 0) is 62.1 Å². The van der Waals surface area contributed by atoms with Crippen molar-refractivity contribution in [1.29, 1.82) is 0 Å². The van der Waals surface area contributed by atoms with E-state index in [1.54, 1.807) is 6.20 Å². The smallest absolute Gasteiger partial charge is 0.275 e. The summed E-state index contributed by atoms with van der Waals surface area (Å²) in [4.78, 5) is 20.9. The van der Waals surface area contributed by atoms with Crippen molar-refractivity contribution in [1.82, 2.24) is 9.97 Å². The van der Waals surface area contributed by atoms with Crippen LogP contribution in [0.2, 0.25) is 0 Å². The summed E-state index contributed by atoms with van der Waals surface area (Å²) < 4.78 is 0. The van der Waals surface area contributed by atoms with Gasteiger partial charge in [-0.1, -0.05) is 24.3 Å². The first-order chi connectivity index (χ1) is 12.4. The van der Waals surface area contributed by atoms with Crippen LogP contribution in [-0.4, -0.2) is 15.9 Å². The second-order valence-electron chi connectivity index (χ2n) is 6.51. The molecule has 5 nitrogen and oxygen atoms in total. The third kappa shape index (κ3) is 4.06. The molecule has 0 aliphatic heterocycles. The molecule has 2 N–H and O–H groups in total. The lowest BCUT2D eigenvalue weighted by molar-refractivity contribution is 0.102. The Kier molecular flexibility index (Phi) is 4.98. The highest BCUT2D eigenvalue weighted by Gasteiger charge is 2.10. The molecule has 0 radical (unpaired) electrons. The molecule has 5 heteroatoms. The van der Waals surface area contributed by atoms with Gasteiger partial charge in [0.25, 0.3) is 5.91 Å². The molecule has 0 atom stereocenters. The molecule has 0 fully saturated rings. The van der Waals surface area contributed by atoms with Crippen molar-refractivity contribution in [2.45, 2.75) is 27.7 Å². The summed E-state index contributed by atoms with van der Waals surface area (Å²) in [6.07, 6.45) is 3.05. The minimum Gasteiger partial charge on any atom is -0.339 e. The summed E-state index contributed by atoms with van der Waals surface area (Å²) in [6.45, 7) is 8.07. The van der Waals surface area contributed by atoms with Crippen LogP contribution in [-0.2, 0) is 0 Å². The maximum Gasteiger partial charge on any atom is 0.275 e. The second kappa shape index (κ2) is 7.35. The van der Waals surface area contributed by atoms with Crippen molar-refractivity contribution < 1.29 is 4.79 Å². The zero-order valence-corrected chi connectivity index (χ0v) is 15.4. The van der Waals surface area contributed by atoms with E-state index >= 15 is 0 Å². The van der Waals surface area contributed by atoms with E-state index in [4.69, 9.17) is 0 Å². The first-order valence-corrected chi connectivity index (χ1v) is 8.47. The van der Waals surface area contributed by atoms with Crippen LogP contribution >= 0.6 is 0 Å². The number of hydrogen-bond donors (Lipinski definition) is 2. The van der Waals surface area contributed by atoms with Gasteiger partial charge in [0, 0.05) is 11.4 Å². The third-order valence-corrected chi connectivity index (χ3v) is 4.10. The number of benzene rings is 2. The Bertz CT molecular complexity index is 908. The highest BCUT2D eigenvalue weighted by Crippen LogP contribution is 2.23. The van der Waals surface area contributed by atoms with E-state index in [0.29, 0.717) is 5.82 Å². The number of carbonyl (C=O) groups is 1. The Morgan fingerprint density at radius 2 is 1.54 bits per heavy atom. The molecule has 1 amide bonds. The van der Waals surface area contributed by atoms with Crippen LogP contribution < -0.4 is 10.6 Å². The summed E-state index contributed by atoms with van der Waals surface area (Å²) in [5.74, 6) is 0.325. The van der Waals surface area contributed by atoms with Gasteiger partial charge in [-0.3, -0.25) is 4.79 Å². The fourth-order valence-corrected chi connectivity index (χ4v) is 2.89. The van der Waals surface area contributed by atoms with Gasteiger partial charge in [0.1, 0.15) is 11.5 Å². The first-order valence-electron chi connectivity index (χ1n) is 8.47. The fourth-order valence-electron chi connectivity index (χ4n) is 2.89. The molecule has 1 aromatic heterocycles. The van der Waals surface area contributed by atoms with Crippen LogP contribution in [0.1, 0.15) is 32.7 Å². The summed E-state index contributed by atoms with van der Waals surface area (Å²) >= 11 is 0. The summed E-state index contributed by atoms with van der Waals surface area (Å²) in [6, 6.07) is 12.0. The molecule has 2 aromatic carbocycles. The predicted octanol–water partition coefficient (Wildman–Crippen LogP) is 4.71. The van der Waals surface area contributed by atoms with E-state index in [2.05, 4.69) is 26.7 Å². The fraction of sp³-hybridized carbons (Fsp3) is 0.190. The van der Waals surface area contributed by atoms with E-state index in [0.717, 1.165) is 33.6 Å². The average Bonchev–Trinajstić information content (AvgIpc) is 2.58. The molecule has 0 aliphatic rings. The Balaban J connectivity index is 1.73. The number of anilines is 3. The molecule has 0 saturated carbocycles. The van der Waals surface area contributed by atoms with Gasteiger partial charge in [-0.15, -0.1) is 0 Å². The van der Waals surface area contributed by atoms with Crippen LogP contribution in [0, 0.1) is 27.7 Å². The van der Waals surface area contributed by atoms with Crippen LogP contribution in [0.3, 0.4) is 0 Å². The lowest BCUT2D eigenvalue weighted by atomic mass is 10.1. The van der Waals surface area contributed by atoms with E-state index in [1.165, 1.54) is 6.20 Å². The third-order valence-electron chi connectivity index (χ3n) is 4.10. The summed E-state index contributed by atoms with van der Waals surface area (Å²) in [5.41, 5.74) is 6.49. The standard InChI is InChI=1S/C21H22N4O/c1-13-8-14(2)10-17(9-13)24-21(26)18-11-23-19(12-22-18)25-20-15(3)6-5-7-16(20)4/h5-12H,1-4H3,(H,23,25)(H,24,26). The zero-order valence-electron chi connectivity index (χ0n) is 15.4. The van der Waals surface area contributed by atoms with Crippen molar-refractivity contribution >= 4 is 23.1 Å².